The molecule has 7 rings (SSSR count). The Labute approximate surface area is 300 Å². The van der Waals surface area contributed by atoms with Crippen LogP contribution in [0.25, 0.3) is 0 Å². The number of hydrogen-bond acceptors (Lipinski definition) is 6. The summed E-state index contributed by atoms with van der Waals surface area (Å²) in [5, 5.41) is 0. The van der Waals surface area contributed by atoms with Crippen molar-refractivity contribution < 1.29 is 28.5 Å². The summed E-state index contributed by atoms with van der Waals surface area (Å²) in [6.07, 6.45) is 5.82. The SMILES string of the molecule is CC(=O)Oc1cc2c(cc1C(C)C)[C@H]1O[C@H]3[C@H](O[C@@H]1[C@H]1C(C)(C)CCC[C@]21C)c1cc(C(C)C)c(OC(C)=O)cc1[C@@]1(C)CCCC(C)(C)[C@H]31. The lowest BCUT2D eigenvalue weighted by Crippen LogP contribution is -2.64. The summed E-state index contributed by atoms with van der Waals surface area (Å²) in [6, 6.07) is 8.99. The van der Waals surface area contributed by atoms with E-state index in [1.165, 1.54) is 36.1 Å². The molecule has 0 N–H and O–H groups in total. The maximum absolute atomic E-state index is 12.4. The minimum absolute atomic E-state index is 0.000513. The van der Waals surface area contributed by atoms with Crippen LogP contribution in [0.1, 0.15) is 179 Å². The number of carbonyl (C=O) groups is 2. The molecule has 0 radical (unpaired) electrons. The molecule has 1 saturated heterocycles. The highest BCUT2D eigenvalue weighted by molar-refractivity contribution is 5.71. The molecule has 0 bridgehead atoms. The van der Waals surface area contributed by atoms with Gasteiger partial charge in [0, 0.05) is 25.7 Å². The number of esters is 2. The smallest absolute Gasteiger partial charge is 0.308 e. The number of fused-ring (bicyclic) bond motifs is 12. The molecule has 4 aliphatic carbocycles. The van der Waals surface area contributed by atoms with Gasteiger partial charge >= 0.3 is 11.9 Å². The molecule has 0 unspecified atom stereocenters. The summed E-state index contributed by atoms with van der Waals surface area (Å²) in [5.41, 5.74) is 6.64. The fourth-order valence-electron chi connectivity index (χ4n) is 12.1. The number of rotatable bonds is 4. The Bertz CT molecular complexity index is 1590. The molecule has 0 aromatic heterocycles. The normalized spacial score (nSPS) is 34.8. The van der Waals surface area contributed by atoms with Gasteiger partial charge in [0.2, 0.25) is 0 Å². The zero-order valence-electron chi connectivity index (χ0n) is 32.6. The van der Waals surface area contributed by atoms with Crippen molar-refractivity contribution in [3.8, 4) is 11.5 Å². The molecule has 8 atom stereocenters. The Morgan fingerprint density at radius 3 is 1.30 bits per heavy atom. The zero-order chi connectivity index (χ0) is 36.3. The van der Waals surface area contributed by atoms with Gasteiger partial charge in [-0.05, 0) is 117 Å². The summed E-state index contributed by atoms with van der Waals surface area (Å²) >= 11 is 0. The molecular weight excluding hydrogens is 624 g/mol. The minimum Gasteiger partial charge on any atom is -0.426 e. The lowest BCUT2D eigenvalue weighted by atomic mass is 9.47. The van der Waals surface area contributed by atoms with Gasteiger partial charge in [0.05, 0.1) is 12.2 Å². The van der Waals surface area contributed by atoms with Crippen LogP contribution in [-0.4, -0.2) is 24.1 Å². The van der Waals surface area contributed by atoms with Crippen LogP contribution >= 0.6 is 0 Å². The van der Waals surface area contributed by atoms with Crippen molar-refractivity contribution in [3.63, 3.8) is 0 Å². The van der Waals surface area contributed by atoms with E-state index in [2.05, 4.69) is 93.5 Å². The third-order valence-electron chi connectivity index (χ3n) is 13.9. The first kappa shape index (κ1) is 35.7. The maximum atomic E-state index is 12.4. The molecule has 2 aromatic carbocycles. The molecule has 0 amide bonds. The summed E-state index contributed by atoms with van der Waals surface area (Å²) in [4.78, 5) is 24.8. The van der Waals surface area contributed by atoms with Gasteiger partial charge in [-0.15, -0.1) is 0 Å². The van der Waals surface area contributed by atoms with Gasteiger partial charge in [0.25, 0.3) is 0 Å². The second-order valence-corrected chi connectivity index (χ2v) is 19.0. The van der Waals surface area contributed by atoms with Crippen LogP contribution in [-0.2, 0) is 29.9 Å². The van der Waals surface area contributed by atoms with Crippen molar-refractivity contribution in [2.24, 2.45) is 22.7 Å². The molecular formula is C44H60O6. The summed E-state index contributed by atoms with van der Waals surface area (Å²) in [7, 11) is 0. The first-order valence-electron chi connectivity index (χ1n) is 19.3. The predicted octanol–water partition coefficient (Wildman–Crippen LogP) is 10.5. The highest BCUT2D eigenvalue weighted by atomic mass is 16.6. The molecule has 3 fully saturated rings. The van der Waals surface area contributed by atoms with Gasteiger partial charge in [-0.2, -0.15) is 0 Å². The molecule has 1 heterocycles. The van der Waals surface area contributed by atoms with Crippen LogP contribution in [0.5, 0.6) is 11.5 Å². The fraction of sp³-hybridized carbons (Fsp3) is 0.682. The Morgan fingerprint density at radius 2 is 0.980 bits per heavy atom. The number of carbonyl (C=O) groups excluding carboxylic acids is 2. The van der Waals surface area contributed by atoms with Crippen LogP contribution < -0.4 is 9.47 Å². The summed E-state index contributed by atoms with van der Waals surface area (Å²) in [5.74, 6) is 1.51. The standard InChI is InChI=1S/C44H60O6/c1-23(2)27-19-29-31(21-33(27)47-25(5)45)43(11)17-13-15-41(7,8)39(43)37-35(29)49-38-36(50-37)30-20-28(24(3)4)34(48-26(6)46)22-32(30)44(12)18-14-16-42(9,10)40(38)44/h19-24,35-40H,13-18H2,1-12H3/t35-,36-,37+,38+,39+,40+,43-,44-/m1/s1. The van der Waals surface area contributed by atoms with Crippen molar-refractivity contribution in [1.29, 1.82) is 0 Å². The molecule has 6 nitrogen and oxygen atoms in total. The first-order chi connectivity index (χ1) is 23.3. The minimum atomic E-state index is -0.288. The lowest BCUT2D eigenvalue weighted by molar-refractivity contribution is -0.296. The van der Waals surface area contributed by atoms with Crippen LogP contribution in [0.3, 0.4) is 0 Å². The first-order valence-corrected chi connectivity index (χ1v) is 19.3. The number of hydrogen-bond donors (Lipinski definition) is 0. The van der Waals surface area contributed by atoms with Gasteiger partial charge in [-0.3, -0.25) is 9.59 Å². The van der Waals surface area contributed by atoms with Crippen LogP contribution in [0, 0.1) is 22.7 Å². The maximum Gasteiger partial charge on any atom is 0.308 e. The molecule has 2 aromatic rings. The Balaban J connectivity index is 1.47. The average molecular weight is 685 g/mol. The monoisotopic (exact) mass is 684 g/mol. The van der Waals surface area contributed by atoms with E-state index >= 15 is 0 Å². The second kappa shape index (κ2) is 11.9. The molecule has 1 aliphatic heterocycles. The Hall–Kier alpha value is -2.70. The van der Waals surface area contributed by atoms with Crippen LogP contribution in [0.15, 0.2) is 24.3 Å². The fourth-order valence-corrected chi connectivity index (χ4v) is 12.1. The predicted molar refractivity (Wildman–Crippen MR) is 196 cm³/mol. The molecule has 0 spiro atoms. The molecule has 50 heavy (non-hydrogen) atoms. The van der Waals surface area contributed by atoms with Crippen molar-refractivity contribution in [2.45, 2.75) is 169 Å². The number of ether oxygens (including phenoxy) is 4. The van der Waals surface area contributed by atoms with Crippen molar-refractivity contribution in [3.05, 3.63) is 57.6 Å². The van der Waals surface area contributed by atoms with E-state index in [-0.39, 0.29) is 81.7 Å². The van der Waals surface area contributed by atoms with E-state index in [0.29, 0.717) is 11.5 Å². The van der Waals surface area contributed by atoms with Gasteiger partial charge in [0.15, 0.2) is 0 Å². The third kappa shape index (κ3) is 5.32. The highest BCUT2D eigenvalue weighted by Gasteiger charge is 2.65. The lowest BCUT2D eigenvalue weighted by Gasteiger charge is -2.65. The second-order valence-electron chi connectivity index (χ2n) is 19.0. The van der Waals surface area contributed by atoms with E-state index in [1.807, 2.05) is 0 Å². The van der Waals surface area contributed by atoms with Crippen molar-refractivity contribution in [2.75, 3.05) is 0 Å². The Kier molecular flexibility index (Phi) is 8.50. The quantitative estimate of drug-likeness (QED) is 0.236. The van der Waals surface area contributed by atoms with Gasteiger partial charge < -0.3 is 18.9 Å². The van der Waals surface area contributed by atoms with E-state index in [1.54, 1.807) is 0 Å². The molecule has 5 aliphatic rings. The third-order valence-corrected chi connectivity index (χ3v) is 13.9. The van der Waals surface area contributed by atoms with E-state index in [4.69, 9.17) is 18.9 Å². The zero-order valence-corrected chi connectivity index (χ0v) is 32.6. The average Bonchev–Trinajstić information content (AvgIpc) is 2.98. The van der Waals surface area contributed by atoms with E-state index < -0.39 is 0 Å². The summed E-state index contributed by atoms with van der Waals surface area (Å²) < 4.78 is 27.4. The Morgan fingerprint density at radius 1 is 0.620 bits per heavy atom. The highest BCUT2D eigenvalue weighted by Crippen LogP contribution is 2.68. The van der Waals surface area contributed by atoms with Gasteiger partial charge in [-0.25, -0.2) is 0 Å². The molecule has 272 valence electrons. The van der Waals surface area contributed by atoms with Gasteiger partial charge in [-0.1, -0.05) is 82.1 Å². The van der Waals surface area contributed by atoms with Crippen LogP contribution in [0.4, 0.5) is 0 Å². The van der Waals surface area contributed by atoms with Gasteiger partial charge in [0.1, 0.15) is 23.7 Å². The van der Waals surface area contributed by atoms with E-state index in [9.17, 15) is 9.59 Å². The molecule has 6 heteroatoms. The van der Waals surface area contributed by atoms with Crippen molar-refractivity contribution >= 4 is 11.9 Å². The number of benzene rings is 2. The molecule has 2 saturated carbocycles. The summed E-state index contributed by atoms with van der Waals surface area (Å²) in [6.45, 7) is 26.2. The van der Waals surface area contributed by atoms with Crippen LogP contribution in [0.2, 0.25) is 0 Å². The topological polar surface area (TPSA) is 71.1 Å². The van der Waals surface area contributed by atoms with E-state index in [0.717, 1.165) is 49.7 Å². The van der Waals surface area contributed by atoms with Crippen molar-refractivity contribution in [1.82, 2.24) is 0 Å². The largest absolute Gasteiger partial charge is 0.426 e.